The third-order valence-electron chi connectivity index (χ3n) is 5.27. The van der Waals surface area contributed by atoms with E-state index in [4.69, 9.17) is 5.11 Å². The first kappa shape index (κ1) is 18.2. The van der Waals surface area contributed by atoms with Gasteiger partial charge < -0.3 is 10.4 Å². The first-order valence-corrected chi connectivity index (χ1v) is 9.15. The van der Waals surface area contributed by atoms with Crippen molar-refractivity contribution < 1.29 is 9.90 Å². The van der Waals surface area contributed by atoms with E-state index in [1.807, 2.05) is 12.1 Å². The Balaban J connectivity index is 2.00. The third kappa shape index (κ3) is 3.39. The number of allylic oxidation sites excluding steroid dienone is 2. The Labute approximate surface area is 155 Å². The van der Waals surface area contributed by atoms with Crippen LogP contribution in [-0.2, 0) is 5.41 Å². The number of anilines is 2. The summed E-state index contributed by atoms with van der Waals surface area (Å²) in [6.45, 7) is 11.2. The predicted octanol–water partition coefficient (Wildman–Crippen LogP) is 6.16. The van der Waals surface area contributed by atoms with E-state index in [0.717, 1.165) is 17.8 Å². The topological polar surface area (TPSA) is 49.3 Å². The summed E-state index contributed by atoms with van der Waals surface area (Å²) in [7, 11) is 0. The molecule has 1 aliphatic carbocycles. The average Bonchev–Trinajstić information content (AvgIpc) is 2.56. The molecular formula is C23H27NO2. The molecule has 3 nitrogen and oxygen atoms in total. The van der Waals surface area contributed by atoms with Gasteiger partial charge in [-0.25, -0.2) is 4.79 Å². The normalized spacial score (nSPS) is 15.4. The van der Waals surface area contributed by atoms with Gasteiger partial charge in [0.25, 0.3) is 0 Å². The Morgan fingerprint density at radius 2 is 1.81 bits per heavy atom. The number of rotatable bonds is 4. The van der Waals surface area contributed by atoms with Gasteiger partial charge in [0.15, 0.2) is 0 Å². The minimum Gasteiger partial charge on any atom is -0.478 e. The molecule has 0 saturated heterocycles. The highest BCUT2D eigenvalue weighted by molar-refractivity contribution is 5.88. The van der Waals surface area contributed by atoms with Crippen molar-refractivity contribution in [1.82, 2.24) is 0 Å². The molecule has 0 heterocycles. The molecule has 2 aromatic carbocycles. The molecule has 0 fully saturated rings. The molecule has 0 radical (unpaired) electrons. The molecule has 0 aliphatic heterocycles. The van der Waals surface area contributed by atoms with Crippen LogP contribution in [0.2, 0.25) is 0 Å². The second-order valence-electron chi connectivity index (χ2n) is 8.12. The highest BCUT2D eigenvalue weighted by Crippen LogP contribution is 2.43. The van der Waals surface area contributed by atoms with Crippen molar-refractivity contribution in [1.29, 1.82) is 0 Å². The van der Waals surface area contributed by atoms with Gasteiger partial charge >= 0.3 is 5.97 Å². The lowest BCUT2D eigenvalue weighted by molar-refractivity contribution is 0.0697. The van der Waals surface area contributed by atoms with Gasteiger partial charge in [0.1, 0.15) is 0 Å². The van der Waals surface area contributed by atoms with Crippen LogP contribution in [0.5, 0.6) is 0 Å². The van der Waals surface area contributed by atoms with Gasteiger partial charge in [-0.15, -0.1) is 0 Å². The van der Waals surface area contributed by atoms with Gasteiger partial charge in [0, 0.05) is 11.4 Å². The summed E-state index contributed by atoms with van der Waals surface area (Å²) in [5.41, 5.74) is 7.72. The monoisotopic (exact) mass is 349 g/mol. The zero-order chi connectivity index (χ0) is 19.1. The van der Waals surface area contributed by atoms with Crippen molar-refractivity contribution in [2.45, 2.75) is 46.5 Å². The number of carboxylic acid groups (broad SMARTS) is 1. The molecule has 0 atom stereocenters. The zero-order valence-corrected chi connectivity index (χ0v) is 16.2. The molecule has 0 spiro atoms. The summed E-state index contributed by atoms with van der Waals surface area (Å²) in [4.78, 5) is 11.0. The van der Waals surface area contributed by atoms with E-state index in [1.165, 1.54) is 22.3 Å². The van der Waals surface area contributed by atoms with Gasteiger partial charge in [-0.3, -0.25) is 0 Å². The van der Waals surface area contributed by atoms with Crippen LogP contribution in [0.25, 0.3) is 5.57 Å². The van der Waals surface area contributed by atoms with Crippen LogP contribution in [0.15, 0.2) is 42.5 Å². The van der Waals surface area contributed by atoms with Crippen LogP contribution in [0.3, 0.4) is 0 Å². The van der Waals surface area contributed by atoms with Crippen molar-refractivity contribution in [3.63, 3.8) is 0 Å². The van der Waals surface area contributed by atoms with Crippen LogP contribution < -0.4 is 5.32 Å². The number of carboxylic acids is 1. The van der Waals surface area contributed by atoms with Gasteiger partial charge in [-0.1, -0.05) is 33.8 Å². The van der Waals surface area contributed by atoms with E-state index in [-0.39, 0.29) is 5.41 Å². The molecule has 2 aromatic rings. The van der Waals surface area contributed by atoms with Crippen LogP contribution in [0.4, 0.5) is 11.4 Å². The SMILES string of the molecule is Cc1cc2c(cc1Nc1ccc(C(=O)O)cc1)C(C)(C)CC=C2C(C)C. The lowest BCUT2D eigenvalue weighted by Crippen LogP contribution is -2.23. The minimum atomic E-state index is -0.906. The first-order valence-electron chi connectivity index (χ1n) is 9.15. The Morgan fingerprint density at radius 1 is 1.15 bits per heavy atom. The zero-order valence-electron chi connectivity index (χ0n) is 16.2. The predicted molar refractivity (Wildman–Crippen MR) is 108 cm³/mol. The number of aromatic carboxylic acids is 1. The van der Waals surface area contributed by atoms with E-state index >= 15 is 0 Å². The number of aryl methyl sites for hydroxylation is 1. The maximum Gasteiger partial charge on any atom is 0.335 e. The van der Waals surface area contributed by atoms with Crippen molar-refractivity contribution in [2.24, 2.45) is 5.92 Å². The number of fused-ring (bicyclic) bond motifs is 1. The van der Waals surface area contributed by atoms with Crippen LogP contribution in [-0.4, -0.2) is 11.1 Å². The van der Waals surface area contributed by atoms with Crippen molar-refractivity contribution in [3.05, 3.63) is 64.7 Å². The highest BCUT2D eigenvalue weighted by Gasteiger charge is 2.29. The summed E-state index contributed by atoms with van der Waals surface area (Å²) < 4.78 is 0. The fourth-order valence-electron chi connectivity index (χ4n) is 3.62. The fourth-order valence-corrected chi connectivity index (χ4v) is 3.62. The summed E-state index contributed by atoms with van der Waals surface area (Å²) in [6, 6.07) is 11.4. The number of hydrogen-bond acceptors (Lipinski definition) is 2. The van der Waals surface area contributed by atoms with Crippen molar-refractivity contribution >= 4 is 22.9 Å². The van der Waals surface area contributed by atoms with E-state index in [9.17, 15) is 4.79 Å². The first-order chi connectivity index (χ1) is 12.2. The maximum atomic E-state index is 11.0. The molecule has 26 heavy (non-hydrogen) atoms. The number of benzene rings is 2. The van der Waals surface area contributed by atoms with Gasteiger partial charge in [-0.2, -0.15) is 0 Å². The molecule has 0 bridgehead atoms. The number of hydrogen-bond donors (Lipinski definition) is 2. The van der Waals surface area contributed by atoms with E-state index in [2.05, 4.69) is 58.1 Å². The summed E-state index contributed by atoms with van der Waals surface area (Å²) in [5, 5.41) is 12.5. The standard InChI is InChI=1S/C23H27NO2/c1-14(2)18-10-11-23(4,5)20-13-21(15(3)12-19(18)20)24-17-8-6-16(7-9-17)22(25)26/h6-10,12-14,24H,11H2,1-5H3,(H,25,26). The minimum absolute atomic E-state index is 0.102. The van der Waals surface area contributed by atoms with Gasteiger partial charge in [0.05, 0.1) is 5.56 Å². The molecule has 3 heteroatoms. The smallest absolute Gasteiger partial charge is 0.335 e. The molecule has 3 rings (SSSR count). The second kappa shape index (κ2) is 6.64. The van der Waals surface area contributed by atoms with Crippen molar-refractivity contribution in [2.75, 3.05) is 5.32 Å². The molecular weight excluding hydrogens is 322 g/mol. The Bertz CT molecular complexity index is 874. The lowest BCUT2D eigenvalue weighted by Gasteiger charge is -2.34. The molecule has 0 amide bonds. The molecule has 2 N–H and O–H groups in total. The van der Waals surface area contributed by atoms with Crippen LogP contribution in [0, 0.1) is 12.8 Å². The van der Waals surface area contributed by atoms with E-state index in [0.29, 0.717) is 11.5 Å². The van der Waals surface area contributed by atoms with E-state index < -0.39 is 5.97 Å². The third-order valence-corrected chi connectivity index (χ3v) is 5.27. The number of carbonyl (C=O) groups is 1. The van der Waals surface area contributed by atoms with Crippen LogP contribution in [0.1, 0.15) is 61.2 Å². The Morgan fingerprint density at radius 3 is 2.38 bits per heavy atom. The van der Waals surface area contributed by atoms with Crippen LogP contribution >= 0.6 is 0 Å². The molecule has 0 aromatic heterocycles. The Hall–Kier alpha value is -2.55. The number of nitrogens with one attached hydrogen (secondary N) is 1. The molecule has 136 valence electrons. The van der Waals surface area contributed by atoms with Crippen molar-refractivity contribution in [3.8, 4) is 0 Å². The second-order valence-corrected chi connectivity index (χ2v) is 8.12. The van der Waals surface area contributed by atoms with E-state index in [1.54, 1.807) is 12.1 Å². The molecule has 0 unspecified atom stereocenters. The largest absolute Gasteiger partial charge is 0.478 e. The maximum absolute atomic E-state index is 11.0. The van der Waals surface area contributed by atoms with Gasteiger partial charge in [0.2, 0.25) is 0 Å². The quantitative estimate of drug-likeness (QED) is 0.695. The summed E-state index contributed by atoms with van der Waals surface area (Å²) in [5.74, 6) is -0.400. The summed E-state index contributed by atoms with van der Waals surface area (Å²) in [6.07, 6.45) is 3.44. The highest BCUT2D eigenvalue weighted by atomic mass is 16.4. The summed E-state index contributed by atoms with van der Waals surface area (Å²) >= 11 is 0. The Kier molecular flexibility index (Phi) is 4.66. The lowest BCUT2D eigenvalue weighted by atomic mass is 9.71. The van der Waals surface area contributed by atoms with Gasteiger partial charge in [-0.05, 0) is 83.3 Å². The average molecular weight is 349 g/mol. The molecule has 0 saturated carbocycles. The fraction of sp³-hybridized carbons (Fsp3) is 0.348. The molecule has 1 aliphatic rings.